The molecule has 0 unspecified atom stereocenters. The van der Waals surface area contributed by atoms with E-state index < -0.39 is 5.91 Å². The van der Waals surface area contributed by atoms with Gasteiger partial charge >= 0.3 is 0 Å². The van der Waals surface area contributed by atoms with Crippen molar-refractivity contribution < 1.29 is 4.79 Å². The lowest BCUT2D eigenvalue weighted by Crippen LogP contribution is -2.14. The number of hydrogen-bond acceptors (Lipinski definition) is 4. The molecule has 1 amide bonds. The van der Waals surface area contributed by atoms with Gasteiger partial charge in [-0.3, -0.25) is 4.79 Å². The maximum absolute atomic E-state index is 11.9. The number of rotatable bonds is 2. The highest BCUT2D eigenvalue weighted by Crippen LogP contribution is 2.18. The lowest BCUT2D eigenvalue weighted by atomic mass is 10.3. The molecule has 0 radical (unpaired) electrons. The Bertz CT molecular complexity index is 608. The first-order valence-corrected chi connectivity index (χ1v) is 6.23. The molecule has 0 spiro atoms. The maximum atomic E-state index is 11.9. The van der Waals surface area contributed by atoms with Crippen molar-refractivity contribution in [3.8, 4) is 0 Å². The minimum atomic E-state index is -0.456. The summed E-state index contributed by atoms with van der Waals surface area (Å²) in [4.78, 5) is 15.9. The van der Waals surface area contributed by atoms with Gasteiger partial charge in [0.15, 0.2) is 10.3 Å². The first-order chi connectivity index (χ1) is 8.56. The van der Waals surface area contributed by atoms with Crippen molar-refractivity contribution >= 4 is 50.9 Å². The van der Waals surface area contributed by atoms with Gasteiger partial charge in [-0.25, -0.2) is 4.98 Å². The first-order valence-electron chi connectivity index (χ1n) is 4.68. The molecule has 0 saturated heterocycles. The number of amides is 1. The van der Waals surface area contributed by atoms with Crippen LogP contribution in [-0.4, -0.2) is 21.1 Å². The molecular weight excluding hydrogens is 343 g/mol. The number of carbonyl (C=O) groups is 1. The van der Waals surface area contributed by atoms with E-state index in [1.54, 1.807) is 18.3 Å². The number of halogens is 3. The molecule has 0 aliphatic carbocycles. The van der Waals surface area contributed by atoms with Gasteiger partial charge in [0.25, 0.3) is 5.91 Å². The standard InChI is InChI=1S/C10H5BrCl2N4O/c11-5-1-2-14-8(3-5)15-10(18)6-4-7(12)16-17-9(6)13/h1-4H,(H,14,15,18). The van der Waals surface area contributed by atoms with Crippen molar-refractivity contribution in [3.05, 3.63) is 44.7 Å². The Morgan fingerprint density at radius 2 is 2.06 bits per heavy atom. The number of carbonyl (C=O) groups excluding carboxylic acids is 1. The molecule has 5 nitrogen and oxygen atoms in total. The molecule has 2 heterocycles. The topological polar surface area (TPSA) is 67.8 Å². The molecule has 1 N–H and O–H groups in total. The van der Waals surface area contributed by atoms with Gasteiger partial charge in [0.2, 0.25) is 0 Å². The predicted octanol–water partition coefficient (Wildman–Crippen LogP) is 3.19. The molecule has 0 atom stereocenters. The summed E-state index contributed by atoms with van der Waals surface area (Å²) >= 11 is 14.7. The summed E-state index contributed by atoms with van der Waals surface area (Å²) < 4.78 is 0.796. The first kappa shape index (κ1) is 13.2. The molecular formula is C10H5BrCl2N4O. The Morgan fingerprint density at radius 1 is 1.28 bits per heavy atom. The molecule has 2 aromatic rings. The van der Waals surface area contributed by atoms with Gasteiger partial charge in [-0.1, -0.05) is 39.1 Å². The minimum absolute atomic E-state index is 0.0214. The van der Waals surface area contributed by atoms with E-state index in [1.165, 1.54) is 6.07 Å². The summed E-state index contributed by atoms with van der Waals surface area (Å²) in [6.45, 7) is 0. The number of hydrogen-bond donors (Lipinski definition) is 1. The van der Waals surface area contributed by atoms with Crippen LogP contribution in [0.3, 0.4) is 0 Å². The van der Waals surface area contributed by atoms with Crippen LogP contribution in [-0.2, 0) is 0 Å². The van der Waals surface area contributed by atoms with Crippen LogP contribution in [0.1, 0.15) is 10.4 Å². The summed E-state index contributed by atoms with van der Waals surface area (Å²) in [5.41, 5.74) is 0.137. The van der Waals surface area contributed by atoms with Gasteiger partial charge in [0.05, 0.1) is 5.56 Å². The second-order valence-corrected chi connectivity index (χ2v) is 4.85. The summed E-state index contributed by atoms with van der Waals surface area (Å²) in [5.74, 6) is -0.0687. The van der Waals surface area contributed by atoms with Crippen LogP contribution in [0.15, 0.2) is 28.9 Å². The molecule has 0 saturated carbocycles. The summed E-state index contributed by atoms with van der Waals surface area (Å²) in [6.07, 6.45) is 1.55. The number of pyridine rings is 1. The van der Waals surface area contributed by atoms with Crippen LogP contribution in [0.2, 0.25) is 10.3 Å². The third kappa shape index (κ3) is 3.16. The highest BCUT2D eigenvalue weighted by atomic mass is 79.9. The lowest BCUT2D eigenvalue weighted by molar-refractivity contribution is 0.102. The van der Waals surface area contributed by atoms with Gasteiger partial charge in [0.1, 0.15) is 5.82 Å². The maximum Gasteiger partial charge on any atom is 0.260 e. The number of anilines is 1. The molecule has 8 heteroatoms. The van der Waals surface area contributed by atoms with Crippen LogP contribution < -0.4 is 5.32 Å². The Balaban J connectivity index is 2.24. The van der Waals surface area contributed by atoms with E-state index in [4.69, 9.17) is 23.2 Å². The molecule has 0 aromatic carbocycles. The Labute approximate surface area is 121 Å². The normalized spacial score (nSPS) is 10.2. The van der Waals surface area contributed by atoms with E-state index in [2.05, 4.69) is 36.4 Å². The number of nitrogens with zero attached hydrogens (tertiary/aromatic N) is 3. The van der Waals surface area contributed by atoms with Crippen molar-refractivity contribution in [2.75, 3.05) is 5.32 Å². The Kier molecular flexibility index (Phi) is 4.11. The zero-order chi connectivity index (χ0) is 13.1. The summed E-state index contributed by atoms with van der Waals surface area (Å²) in [6, 6.07) is 4.74. The monoisotopic (exact) mass is 346 g/mol. The van der Waals surface area contributed by atoms with E-state index in [0.717, 1.165) is 4.47 Å². The highest BCUT2D eigenvalue weighted by Gasteiger charge is 2.13. The molecule has 0 bridgehead atoms. The third-order valence-electron chi connectivity index (χ3n) is 1.93. The van der Waals surface area contributed by atoms with Crippen LogP contribution in [0, 0.1) is 0 Å². The van der Waals surface area contributed by atoms with E-state index in [-0.39, 0.29) is 15.9 Å². The van der Waals surface area contributed by atoms with Crippen molar-refractivity contribution in [1.29, 1.82) is 0 Å². The molecule has 2 aromatic heterocycles. The fraction of sp³-hybridized carbons (Fsp3) is 0. The highest BCUT2D eigenvalue weighted by molar-refractivity contribution is 9.10. The zero-order valence-electron chi connectivity index (χ0n) is 8.69. The molecule has 0 aliphatic heterocycles. The zero-order valence-corrected chi connectivity index (χ0v) is 11.8. The van der Waals surface area contributed by atoms with Gasteiger partial charge in [-0.05, 0) is 18.2 Å². The van der Waals surface area contributed by atoms with Crippen LogP contribution in [0.25, 0.3) is 0 Å². The molecule has 18 heavy (non-hydrogen) atoms. The Morgan fingerprint density at radius 3 is 2.78 bits per heavy atom. The molecule has 2 rings (SSSR count). The van der Waals surface area contributed by atoms with Crippen LogP contribution in [0.5, 0.6) is 0 Å². The fourth-order valence-corrected chi connectivity index (χ4v) is 1.83. The average molecular weight is 348 g/mol. The van der Waals surface area contributed by atoms with Crippen LogP contribution >= 0.6 is 39.1 Å². The lowest BCUT2D eigenvalue weighted by Gasteiger charge is -2.05. The SMILES string of the molecule is O=C(Nc1cc(Br)ccn1)c1cc(Cl)nnc1Cl. The van der Waals surface area contributed by atoms with E-state index in [9.17, 15) is 4.79 Å². The molecule has 0 aliphatic rings. The van der Waals surface area contributed by atoms with Gasteiger partial charge in [-0.15, -0.1) is 10.2 Å². The van der Waals surface area contributed by atoms with Crippen molar-refractivity contribution in [2.24, 2.45) is 0 Å². The number of nitrogens with one attached hydrogen (secondary N) is 1. The average Bonchev–Trinajstić information content (AvgIpc) is 2.32. The van der Waals surface area contributed by atoms with Gasteiger partial charge in [-0.2, -0.15) is 0 Å². The van der Waals surface area contributed by atoms with Crippen LogP contribution in [0.4, 0.5) is 5.82 Å². The van der Waals surface area contributed by atoms with Crippen molar-refractivity contribution in [1.82, 2.24) is 15.2 Å². The second-order valence-electron chi connectivity index (χ2n) is 3.18. The summed E-state index contributed by atoms with van der Waals surface area (Å²) in [7, 11) is 0. The minimum Gasteiger partial charge on any atom is -0.306 e. The smallest absolute Gasteiger partial charge is 0.260 e. The molecule has 0 fully saturated rings. The van der Waals surface area contributed by atoms with E-state index in [1.807, 2.05) is 0 Å². The van der Waals surface area contributed by atoms with Gasteiger partial charge in [0, 0.05) is 10.7 Å². The molecule has 92 valence electrons. The third-order valence-corrected chi connectivity index (χ3v) is 2.88. The quantitative estimate of drug-likeness (QED) is 0.905. The van der Waals surface area contributed by atoms with Gasteiger partial charge < -0.3 is 5.32 Å². The predicted molar refractivity (Wildman–Crippen MR) is 71.9 cm³/mol. The van der Waals surface area contributed by atoms with Crippen molar-refractivity contribution in [3.63, 3.8) is 0 Å². The largest absolute Gasteiger partial charge is 0.306 e. The Hall–Kier alpha value is -1.24. The number of aromatic nitrogens is 3. The van der Waals surface area contributed by atoms with Crippen molar-refractivity contribution in [2.45, 2.75) is 0 Å². The van der Waals surface area contributed by atoms with E-state index in [0.29, 0.717) is 5.82 Å². The fourth-order valence-electron chi connectivity index (χ4n) is 1.17. The second kappa shape index (κ2) is 5.60. The summed E-state index contributed by atoms with van der Waals surface area (Å²) in [5, 5.41) is 9.72. The van der Waals surface area contributed by atoms with E-state index >= 15 is 0 Å².